The Morgan fingerprint density at radius 3 is 2.54 bits per heavy atom. The van der Waals surface area contributed by atoms with Crippen molar-refractivity contribution >= 4 is 40.7 Å². The standard InChI is InChI=1S/C17H14Cl3F4N3O/c1-26-15(21)12(13(25-26)14(19)20)16(28)27(8-5-6-8)7-9-10(17(22,23)24)3-2-4-11(9)18/h2-4,8,14H,5-7H2,1H3. The van der Waals surface area contributed by atoms with Gasteiger partial charge in [0.1, 0.15) is 11.3 Å². The van der Waals surface area contributed by atoms with Gasteiger partial charge >= 0.3 is 6.18 Å². The van der Waals surface area contributed by atoms with Crippen molar-refractivity contribution in [3.8, 4) is 0 Å². The molecule has 152 valence electrons. The van der Waals surface area contributed by atoms with Crippen molar-refractivity contribution in [2.75, 3.05) is 0 Å². The Balaban J connectivity index is 2.03. The first kappa shape index (κ1) is 21.2. The molecule has 1 aromatic heterocycles. The number of hydrogen-bond donors (Lipinski definition) is 0. The highest BCUT2D eigenvalue weighted by atomic mass is 35.5. The summed E-state index contributed by atoms with van der Waals surface area (Å²) < 4.78 is 55.5. The molecule has 0 aliphatic heterocycles. The molecule has 1 heterocycles. The van der Waals surface area contributed by atoms with Gasteiger partial charge in [-0.2, -0.15) is 22.7 Å². The van der Waals surface area contributed by atoms with Crippen molar-refractivity contribution in [2.45, 2.75) is 36.4 Å². The lowest BCUT2D eigenvalue weighted by molar-refractivity contribution is -0.138. The molecule has 1 fully saturated rings. The molecule has 0 atom stereocenters. The smallest absolute Gasteiger partial charge is 0.331 e. The van der Waals surface area contributed by atoms with Crippen LogP contribution in [0.2, 0.25) is 5.02 Å². The monoisotopic (exact) mass is 457 g/mol. The van der Waals surface area contributed by atoms with Gasteiger partial charge in [-0.3, -0.25) is 4.79 Å². The minimum atomic E-state index is -4.65. The van der Waals surface area contributed by atoms with E-state index in [0.717, 1.165) is 15.6 Å². The summed E-state index contributed by atoms with van der Waals surface area (Å²) in [5.41, 5.74) is -1.84. The summed E-state index contributed by atoms with van der Waals surface area (Å²) in [5.74, 6) is -1.80. The van der Waals surface area contributed by atoms with Gasteiger partial charge in [0.05, 0.1) is 5.56 Å². The molecule has 28 heavy (non-hydrogen) atoms. The predicted octanol–water partition coefficient (Wildman–Crippen LogP) is 5.51. The zero-order valence-electron chi connectivity index (χ0n) is 14.4. The Bertz CT molecular complexity index is 910. The number of alkyl halides is 5. The summed E-state index contributed by atoms with van der Waals surface area (Å²) in [6.45, 7) is -0.430. The van der Waals surface area contributed by atoms with E-state index in [1.165, 1.54) is 19.2 Å². The van der Waals surface area contributed by atoms with Crippen LogP contribution < -0.4 is 0 Å². The van der Waals surface area contributed by atoms with E-state index in [0.29, 0.717) is 12.8 Å². The Kier molecular flexibility index (Phi) is 5.85. The number of aromatic nitrogens is 2. The van der Waals surface area contributed by atoms with Crippen molar-refractivity contribution in [2.24, 2.45) is 7.05 Å². The van der Waals surface area contributed by atoms with Crippen LogP contribution in [-0.2, 0) is 19.8 Å². The topological polar surface area (TPSA) is 38.1 Å². The SMILES string of the molecule is Cn1nc(C(Cl)Cl)c(C(=O)N(Cc2c(Cl)cccc2C(F)(F)F)C2CC2)c1F. The molecule has 0 unspecified atom stereocenters. The van der Waals surface area contributed by atoms with Gasteiger partial charge in [0, 0.05) is 30.2 Å². The van der Waals surface area contributed by atoms with Gasteiger partial charge in [0.25, 0.3) is 5.91 Å². The molecule has 4 nitrogen and oxygen atoms in total. The Hall–Kier alpha value is -1.51. The van der Waals surface area contributed by atoms with Crippen molar-refractivity contribution < 1.29 is 22.4 Å². The first-order valence-electron chi connectivity index (χ1n) is 8.18. The maximum absolute atomic E-state index is 14.5. The van der Waals surface area contributed by atoms with Gasteiger partial charge in [0.15, 0.2) is 4.84 Å². The van der Waals surface area contributed by atoms with Crippen LogP contribution in [-0.4, -0.2) is 26.6 Å². The maximum Gasteiger partial charge on any atom is 0.416 e. The van der Waals surface area contributed by atoms with Crippen molar-refractivity contribution in [3.05, 3.63) is 51.6 Å². The summed E-state index contributed by atoms with van der Waals surface area (Å²) in [7, 11) is 1.27. The number of carbonyl (C=O) groups excluding carboxylic acids is 1. The zero-order valence-corrected chi connectivity index (χ0v) is 16.7. The van der Waals surface area contributed by atoms with Crippen LogP contribution >= 0.6 is 34.8 Å². The van der Waals surface area contributed by atoms with Crippen LogP contribution in [0.15, 0.2) is 18.2 Å². The largest absolute Gasteiger partial charge is 0.416 e. The summed E-state index contributed by atoms with van der Waals surface area (Å²) in [4.78, 5) is 12.9. The number of carbonyl (C=O) groups is 1. The normalized spacial score (nSPS) is 14.6. The van der Waals surface area contributed by atoms with Crippen LogP contribution in [0.25, 0.3) is 0 Å². The summed E-state index contributed by atoms with van der Waals surface area (Å²) in [5, 5.41) is 3.67. The highest BCUT2D eigenvalue weighted by molar-refractivity contribution is 6.44. The second kappa shape index (κ2) is 7.72. The Morgan fingerprint density at radius 1 is 1.36 bits per heavy atom. The molecule has 1 aromatic carbocycles. The van der Waals surface area contributed by atoms with Crippen LogP contribution in [0, 0.1) is 5.95 Å². The van der Waals surface area contributed by atoms with E-state index in [-0.39, 0.29) is 22.3 Å². The van der Waals surface area contributed by atoms with Crippen LogP contribution in [0.3, 0.4) is 0 Å². The highest BCUT2D eigenvalue weighted by Gasteiger charge is 2.40. The van der Waals surface area contributed by atoms with E-state index in [4.69, 9.17) is 34.8 Å². The number of rotatable bonds is 5. The number of halogens is 7. The Labute approximate surface area is 173 Å². The van der Waals surface area contributed by atoms with E-state index in [1.807, 2.05) is 0 Å². The molecular formula is C17H14Cl3F4N3O. The molecule has 0 saturated heterocycles. The van der Waals surface area contributed by atoms with Gasteiger partial charge in [-0.1, -0.05) is 40.9 Å². The number of nitrogens with zero attached hydrogens (tertiary/aromatic N) is 3. The molecule has 11 heteroatoms. The number of aryl methyl sites for hydroxylation is 1. The lowest BCUT2D eigenvalue weighted by atomic mass is 10.1. The molecule has 1 aliphatic carbocycles. The molecule has 0 bridgehead atoms. The van der Waals surface area contributed by atoms with Gasteiger partial charge in [0.2, 0.25) is 5.95 Å². The van der Waals surface area contributed by atoms with Crippen molar-refractivity contribution in [1.82, 2.24) is 14.7 Å². The van der Waals surface area contributed by atoms with E-state index >= 15 is 0 Å². The third-order valence-corrected chi connectivity index (χ3v) is 5.19. The summed E-state index contributed by atoms with van der Waals surface area (Å²) in [6, 6.07) is 3.05. The molecule has 1 amide bonds. The number of hydrogen-bond acceptors (Lipinski definition) is 2. The van der Waals surface area contributed by atoms with E-state index in [2.05, 4.69) is 5.10 Å². The zero-order chi connectivity index (χ0) is 20.8. The van der Waals surface area contributed by atoms with E-state index in [1.54, 1.807) is 0 Å². The third-order valence-electron chi connectivity index (χ3n) is 4.43. The third kappa shape index (κ3) is 4.09. The molecule has 1 saturated carbocycles. The van der Waals surface area contributed by atoms with E-state index in [9.17, 15) is 22.4 Å². The lowest BCUT2D eigenvalue weighted by Crippen LogP contribution is -2.34. The molecule has 1 aliphatic rings. The van der Waals surface area contributed by atoms with Crippen molar-refractivity contribution in [1.29, 1.82) is 0 Å². The first-order valence-corrected chi connectivity index (χ1v) is 9.43. The number of benzene rings is 1. The average Bonchev–Trinajstić information content (AvgIpc) is 3.38. The van der Waals surface area contributed by atoms with Crippen molar-refractivity contribution in [3.63, 3.8) is 0 Å². The quantitative estimate of drug-likeness (QED) is 0.438. The molecule has 0 radical (unpaired) electrons. The van der Waals surface area contributed by atoms with Crippen LogP contribution in [0.5, 0.6) is 0 Å². The molecule has 3 rings (SSSR count). The predicted molar refractivity (Wildman–Crippen MR) is 97.0 cm³/mol. The lowest BCUT2D eigenvalue weighted by Gasteiger charge is -2.25. The first-order chi connectivity index (χ1) is 13.0. The molecule has 2 aromatic rings. The van der Waals surface area contributed by atoms with Crippen LogP contribution in [0.4, 0.5) is 17.6 Å². The molecular weight excluding hydrogens is 445 g/mol. The second-order valence-corrected chi connectivity index (χ2v) is 7.91. The Morgan fingerprint density at radius 2 is 2.00 bits per heavy atom. The van der Waals surface area contributed by atoms with Crippen LogP contribution in [0.1, 0.15) is 44.9 Å². The molecule has 0 N–H and O–H groups in total. The molecule has 0 spiro atoms. The minimum absolute atomic E-state index is 0.132. The number of amides is 1. The second-order valence-electron chi connectivity index (χ2n) is 6.40. The fraction of sp³-hybridized carbons (Fsp3) is 0.412. The van der Waals surface area contributed by atoms with Gasteiger partial charge in [-0.25, -0.2) is 4.68 Å². The van der Waals surface area contributed by atoms with E-state index < -0.39 is 40.5 Å². The fourth-order valence-electron chi connectivity index (χ4n) is 2.93. The summed E-state index contributed by atoms with van der Waals surface area (Å²) >= 11 is 17.6. The van der Waals surface area contributed by atoms with Gasteiger partial charge in [-0.15, -0.1) is 0 Å². The summed E-state index contributed by atoms with van der Waals surface area (Å²) in [6.07, 6.45) is -3.49. The van der Waals surface area contributed by atoms with Gasteiger partial charge in [-0.05, 0) is 25.0 Å². The minimum Gasteiger partial charge on any atom is -0.331 e. The fourth-order valence-corrected chi connectivity index (χ4v) is 3.47. The van der Waals surface area contributed by atoms with Gasteiger partial charge < -0.3 is 4.90 Å². The average molecular weight is 459 g/mol. The maximum atomic E-state index is 14.5. The highest BCUT2D eigenvalue weighted by Crippen LogP contribution is 2.39.